The summed E-state index contributed by atoms with van der Waals surface area (Å²) in [5, 5.41) is 0. The molecule has 2 heterocycles. The van der Waals surface area contributed by atoms with E-state index in [9.17, 15) is 0 Å². The summed E-state index contributed by atoms with van der Waals surface area (Å²) in [7, 11) is 0. The standard InChI is InChI=1S/C10H16O/c1-9(2)8-4-6-10(3,11-9)7-5-8/h4H,5-7H2,1-3H3. The van der Waals surface area contributed by atoms with Crippen LogP contribution >= 0.6 is 0 Å². The Kier molecular flexibility index (Phi) is 1.26. The van der Waals surface area contributed by atoms with Crippen molar-refractivity contribution in [2.45, 2.75) is 51.2 Å². The molecule has 2 bridgehead atoms. The lowest BCUT2D eigenvalue weighted by Crippen LogP contribution is -2.48. The third kappa shape index (κ3) is 1.02. The zero-order valence-corrected chi connectivity index (χ0v) is 7.61. The Hall–Kier alpha value is -0.300. The molecule has 0 saturated carbocycles. The Morgan fingerprint density at radius 2 is 2.09 bits per heavy atom. The summed E-state index contributed by atoms with van der Waals surface area (Å²) < 4.78 is 5.99. The van der Waals surface area contributed by atoms with Crippen LogP contribution in [0.3, 0.4) is 0 Å². The van der Waals surface area contributed by atoms with Gasteiger partial charge in [-0.05, 0) is 45.6 Å². The number of hydrogen-bond donors (Lipinski definition) is 0. The van der Waals surface area contributed by atoms with Gasteiger partial charge in [-0.1, -0.05) is 6.08 Å². The molecule has 0 aromatic carbocycles. The molecule has 11 heavy (non-hydrogen) atoms. The van der Waals surface area contributed by atoms with E-state index in [1.165, 1.54) is 18.4 Å². The lowest BCUT2D eigenvalue weighted by atomic mass is 9.76. The average molecular weight is 152 g/mol. The number of fused-ring (bicyclic) bond motifs is 3. The normalized spacial score (nSPS) is 40.5. The molecule has 1 aliphatic carbocycles. The van der Waals surface area contributed by atoms with Gasteiger partial charge in [-0.25, -0.2) is 0 Å². The Morgan fingerprint density at radius 1 is 1.36 bits per heavy atom. The Labute approximate surface area is 68.4 Å². The van der Waals surface area contributed by atoms with E-state index < -0.39 is 0 Å². The largest absolute Gasteiger partial charge is 0.365 e. The van der Waals surface area contributed by atoms with Crippen molar-refractivity contribution in [2.75, 3.05) is 0 Å². The molecule has 1 atom stereocenters. The second-order valence-electron chi connectivity index (χ2n) is 4.50. The molecule has 1 heteroatoms. The van der Waals surface area contributed by atoms with Gasteiger partial charge in [0, 0.05) is 0 Å². The molecule has 1 nitrogen and oxygen atoms in total. The van der Waals surface area contributed by atoms with Crippen LogP contribution in [0.15, 0.2) is 11.6 Å². The first-order valence-electron chi connectivity index (χ1n) is 4.42. The average Bonchev–Trinajstić information content (AvgIpc) is 1.84. The molecule has 3 rings (SSSR count). The van der Waals surface area contributed by atoms with Gasteiger partial charge in [0.1, 0.15) is 0 Å². The molecule has 0 spiro atoms. The van der Waals surface area contributed by atoms with E-state index in [0.717, 1.165) is 6.42 Å². The van der Waals surface area contributed by atoms with Crippen LogP contribution in [-0.4, -0.2) is 11.2 Å². The lowest BCUT2D eigenvalue weighted by molar-refractivity contribution is -0.145. The van der Waals surface area contributed by atoms with Crippen molar-refractivity contribution in [2.24, 2.45) is 0 Å². The van der Waals surface area contributed by atoms with Crippen LogP contribution in [0.5, 0.6) is 0 Å². The van der Waals surface area contributed by atoms with Gasteiger partial charge in [-0.15, -0.1) is 0 Å². The zero-order chi connectivity index (χ0) is 8.11. The first-order chi connectivity index (χ1) is 5.02. The maximum absolute atomic E-state index is 5.99. The topological polar surface area (TPSA) is 9.23 Å². The summed E-state index contributed by atoms with van der Waals surface area (Å²) in [6.45, 7) is 6.58. The molecule has 0 N–H and O–H groups in total. The van der Waals surface area contributed by atoms with E-state index in [1.807, 2.05) is 0 Å². The van der Waals surface area contributed by atoms with Crippen LogP contribution in [0.1, 0.15) is 40.0 Å². The second kappa shape index (κ2) is 1.89. The second-order valence-corrected chi connectivity index (χ2v) is 4.50. The van der Waals surface area contributed by atoms with Crippen LogP contribution in [-0.2, 0) is 4.74 Å². The van der Waals surface area contributed by atoms with Crippen molar-refractivity contribution in [1.29, 1.82) is 0 Å². The van der Waals surface area contributed by atoms with E-state index in [0.29, 0.717) is 0 Å². The Morgan fingerprint density at radius 3 is 2.36 bits per heavy atom. The Balaban J connectivity index is 2.36. The highest BCUT2D eigenvalue weighted by atomic mass is 16.5. The van der Waals surface area contributed by atoms with Crippen LogP contribution in [0.4, 0.5) is 0 Å². The molecule has 0 amide bonds. The first kappa shape index (κ1) is 7.35. The molecule has 0 aromatic rings. The third-order valence-electron chi connectivity index (χ3n) is 2.98. The summed E-state index contributed by atoms with van der Waals surface area (Å²) in [5.74, 6) is 0. The molecule has 1 saturated heterocycles. The van der Waals surface area contributed by atoms with Crippen molar-refractivity contribution in [3.05, 3.63) is 11.6 Å². The predicted octanol–water partition coefficient (Wildman–Crippen LogP) is 2.66. The van der Waals surface area contributed by atoms with Crippen molar-refractivity contribution in [1.82, 2.24) is 0 Å². The van der Waals surface area contributed by atoms with Crippen molar-refractivity contribution in [3.8, 4) is 0 Å². The molecule has 0 aromatic heterocycles. The van der Waals surface area contributed by atoms with Crippen LogP contribution in [0.25, 0.3) is 0 Å². The minimum Gasteiger partial charge on any atom is -0.365 e. The van der Waals surface area contributed by atoms with Gasteiger partial charge in [0.05, 0.1) is 11.2 Å². The maximum Gasteiger partial charge on any atom is 0.0843 e. The lowest BCUT2D eigenvalue weighted by Gasteiger charge is -2.49. The third-order valence-corrected chi connectivity index (χ3v) is 2.98. The van der Waals surface area contributed by atoms with Gasteiger partial charge >= 0.3 is 0 Å². The monoisotopic (exact) mass is 152 g/mol. The summed E-state index contributed by atoms with van der Waals surface area (Å²) in [6.07, 6.45) is 5.94. The molecular weight excluding hydrogens is 136 g/mol. The minimum atomic E-state index is 0.0191. The summed E-state index contributed by atoms with van der Waals surface area (Å²) in [4.78, 5) is 0. The molecule has 2 aliphatic heterocycles. The smallest absolute Gasteiger partial charge is 0.0843 e. The highest BCUT2D eigenvalue weighted by molar-refractivity contribution is 5.24. The summed E-state index contributed by atoms with van der Waals surface area (Å²) in [6, 6.07) is 0. The van der Waals surface area contributed by atoms with E-state index in [2.05, 4.69) is 26.8 Å². The number of ether oxygens (including phenoxy) is 1. The van der Waals surface area contributed by atoms with Crippen molar-refractivity contribution < 1.29 is 4.74 Å². The highest BCUT2D eigenvalue weighted by Gasteiger charge is 2.43. The van der Waals surface area contributed by atoms with Crippen molar-refractivity contribution in [3.63, 3.8) is 0 Å². The molecule has 62 valence electrons. The van der Waals surface area contributed by atoms with Crippen LogP contribution < -0.4 is 0 Å². The highest BCUT2D eigenvalue weighted by Crippen LogP contribution is 2.45. The SMILES string of the molecule is CC12CC=C(CC1)C(C)(C)O2. The van der Waals surface area contributed by atoms with Crippen LogP contribution in [0.2, 0.25) is 0 Å². The fourth-order valence-electron chi connectivity index (χ4n) is 2.26. The molecule has 0 radical (unpaired) electrons. The zero-order valence-electron chi connectivity index (χ0n) is 7.61. The van der Waals surface area contributed by atoms with E-state index in [1.54, 1.807) is 0 Å². The van der Waals surface area contributed by atoms with E-state index in [-0.39, 0.29) is 11.2 Å². The molecule has 1 unspecified atom stereocenters. The molecule has 3 aliphatic rings. The van der Waals surface area contributed by atoms with Crippen molar-refractivity contribution >= 4 is 0 Å². The minimum absolute atomic E-state index is 0.0191. The van der Waals surface area contributed by atoms with Gasteiger partial charge in [-0.2, -0.15) is 0 Å². The quantitative estimate of drug-likeness (QED) is 0.485. The van der Waals surface area contributed by atoms with Gasteiger partial charge in [-0.3, -0.25) is 0 Å². The van der Waals surface area contributed by atoms with Gasteiger partial charge < -0.3 is 4.74 Å². The number of hydrogen-bond acceptors (Lipinski definition) is 1. The Bertz CT molecular complexity index is 215. The number of rotatable bonds is 0. The van der Waals surface area contributed by atoms with E-state index >= 15 is 0 Å². The van der Waals surface area contributed by atoms with Gasteiger partial charge in [0.15, 0.2) is 0 Å². The summed E-state index contributed by atoms with van der Waals surface area (Å²) >= 11 is 0. The fourth-order valence-corrected chi connectivity index (χ4v) is 2.26. The first-order valence-corrected chi connectivity index (χ1v) is 4.42. The van der Waals surface area contributed by atoms with Gasteiger partial charge in [0.25, 0.3) is 0 Å². The predicted molar refractivity (Wildman–Crippen MR) is 45.5 cm³/mol. The molecule has 1 fully saturated rings. The fraction of sp³-hybridized carbons (Fsp3) is 0.800. The van der Waals surface area contributed by atoms with Gasteiger partial charge in [0.2, 0.25) is 0 Å². The summed E-state index contributed by atoms with van der Waals surface area (Å²) in [5.41, 5.74) is 1.66. The maximum atomic E-state index is 5.99. The van der Waals surface area contributed by atoms with Crippen LogP contribution in [0, 0.1) is 0 Å². The molecular formula is C10H16O. The van der Waals surface area contributed by atoms with E-state index in [4.69, 9.17) is 4.74 Å².